The van der Waals surface area contributed by atoms with Crippen LogP contribution in [0.4, 0.5) is 5.95 Å². The molecule has 1 aromatic carbocycles. The van der Waals surface area contributed by atoms with Crippen molar-refractivity contribution in [2.24, 2.45) is 0 Å². The van der Waals surface area contributed by atoms with E-state index in [2.05, 4.69) is 4.98 Å². The van der Waals surface area contributed by atoms with E-state index in [-0.39, 0.29) is 11.5 Å². The Morgan fingerprint density at radius 2 is 2.00 bits per heavy atom. The average Bonchev–Trinajstić information content (AvgIpc) is 2.91. The van der Waals surface area contributed by atoms with Gasteiger partial charge in [0.15, 0.2) is 0 Å². The number of anilines is 1. The Kier molecular flexibility index (Phi) is 3.51. The first-order valence-electron chi connectivity index (χ1n) is 6.70. The molecule has 1 aromatic heterocycles. The first-order valence-corrected chi connectivity index (χ1v) is 7.14. The van der Waals surface area contributed by atoms with E-state index in [0.29, 0.717) is 24.7 Å². The molecule has 1 amide bonds. The predicted molar refractivity (Wildman–Crippen MR) is 81.6 cm³/mol. The van der Waals surface area contributed by atoms with Crippen molar-refractivity contribution in [3.63, 3.8) is 0 Å². The van der Waals surface area contributed by atoms with E-state index in [1.54, 1.807) is 6.92 Å². The monoisotopic (exact) mass is 303 g/mol. The second kappa shape index (κ2) is 5.33. The summed E-state index contributed by atoms with van der Waals surface area (Å²) in [5, 5.41) is -0.645. The highest BCUT2D eigenvalue weighted by molar-refractivity contribution is 6.32. The number of rotatable bonds is 2. The van der Waals surface area contributed by atoms with Crippen molar-refractivity contribution in [3.8, 4) is 11.3 Å². The van der Waals surface area contributed by atoms with Gasteiger partial charge in [0.1, 0.15) is 5.38 Å². The lowest BCUT2D eigenvalue weighted by Crippen LogP contribution is -2.35. The minimum absolute atomic E-state index is 0.156. The maximum absolute atomic E-state index is 12.2. The highest BCUT2D eigenvalue weighted by Crippen LogP contribution is 2.23. The summed E-state index contributed by atoms with van der Waals surface area (Å²) in [6, 6.07) is 10.9. The summed E-state index contributed by atoms with van der Waals surface area (Å²) in [6.45, 7) is 2.49. The Hall–Kier alpha value is -2.14. The van der Waals surface area contributed by atoms with Crippen molar-refractivity contribution in [1.29, 1.82) is 0 Å². The van der Waals surface area contributed by atoms with Gasteiger partial charge >= 0.3 is 0 Å². The molecule has 2 aromatic rings. The number of hydrogen-bond donors (Lipinski definition) is 0. The highest BCUT2D eigenvalue weighted by Gasteiger charge is 2.29. The summed E-state index contributed by atoms with van der Waals surface area (Å²) in [6.07, 6.45) is 0. The van der Waals surface area contributed by atoms with Gasteiger partial charge in [-0.3, -0.25) is 19.1 Å². The van der Waals surface area contributed by atoms with E-state index >= 15 is 0 Å². The molecule has 0 bridgehead atoms. The molecule has 0 N–H and O–H groups in total. The molecular weight excluding hydrogens is 290 g/mol. The molecule has 1 aliphatic heterocycles. The van der Waals surface area contributed by atoms with Gasteiger partial charge in [-0.2, -0.15) is 0 Å². The van der Waals surface area contributed by atoms with Crippen LogP contribution in [0.15, 0.2) is 41.2 Å². The summed E-state index contributed by atoms with van der Waals surface area (Å²) in [7, 11) is 0. The van der Waals surface area contributed by atoms with Gasteiger partial charge in [0.2, 0.25) is 11.9 Å². The van der Waals surface area contributed by atoms with Crippen LogP contribution in [0.1, 0.15) is 6.92 Å². The van der Waals surface area contributed by atoms with Gasteiger partial charge in [-0.15, -0.1) is 11.6 Å². The molecule has 0 aliphatic carbocycles. The molecule has 0 saturated heterocycles. The van der Waals surface area contributed by atoms with E-state index in [9.17, 15) is 9.59 Å². The van der Waals surface area contributed by atoms with Crippen molar-refractivity contribution < 1.29 is 4.79 Å². The average molecular weight is 304 g/mol. The Morgan fingerprint density at radius 3 is 2.67 bits per heavy atom. The minimum atomic E-state index is -0.645. The zero-order valence-electron chi connectivity index (χ0n) is 11.5. The largest absolute Gasteiger partial charge is 0.279 e. The third-order valence-electron chi connectivity index (χ3n) is 3.45. The second-order valence-electron chi connectivity index (χ2n) is 4.90. The minimum Gasteiger partial charge on any atom is -0.279 e. The first kappa shape index (κ1) is 13.8. The lowest BCUT2D eigenvalue weighted by molar-refractivity contribution is -0.117. The van der Waals surface area contributed by atoms with Gasteiger partial charge in [-0.25, -0.2) is 4.98 Å². The van der Waals surface area contributed by atoms with Gasteiger partial charge < -0.3 is 0 Å². The molecule has 0 spiro atoms. The maximum atomic E-state index is 12.2. The molecule has 1 atom stereocenters. The lowest BCUT2D eigenvalue weighted by atomic mass is 10.1. The quantitative estimate of drug-likeness (QED) is 0.796. The third-order valence-corrected chi connectivity index (χ3v) is 3.64. The number of aromatic nitrogens is 2. The fraction of sp³-hybridized carbons (Fsp3) is 0.267. The summed E-state index contributed by atoms with van der Waals surface area (Å²) in [4.78, 5) is 30.3. The zero-order valence-corrected chi connectivity index (χ0v) is 12.2. The van der Waals surface area contributed by atoms with Crippen molar-refractivity contribution in [2.45, 2.75) is 18.8 Å². The Morgan fingerprint density at radius 1 is 1.29 bits per heavy atom. The molecule has 21 heavy (non-hydrogen) atoms. The van der Waals surface area contributed by atoms with E-state index in [0.717, 1.165) is 5.56 Å². The number of benzene rings is 1. The molecule has 1 unspecified atom stereocenters. The van der Waals surface area contributed by atoms with Crippen LogP contribution < -0.4 is 10.5 Å². The maximum Gasteiger partial charge on any atom is 0.255 e. The van der Waals surface area contributed by atoms with Gasteiger partial charge in [0.05, 0.1) is 5.69 Å². The van der Waals surface area contributed by atoms with E-state index in [1.165, 1.54) is 15.5 Å². The SMILES string of the molecule is CC(Cl)C(=O)N1CCn2c1nc(-c1ccccc1)cc2=O. The number of halogens is 1. The normalized spacial score (nSPS) is 14.9. The molecule has 2 heterocycles. The van der Waals surface area contributed by atoms with Gasteiger partial charge in [-0.1, -0.05) is 30.3 Å². The van der Waals surface area contributed by atoms with Crippen LogP contribution in [-0.4, -0.2) is 27.4 Å². The number of carbonyl (C=O) groups excluding carboxylic acids is 1. The predicted octanol–water partition coefficient (Wildman–Crippen LogP) is 1.88. The third kappa shape index (κ3) is 2.45. The fourth-order valence-corrected chi connectivity index (χ4v) is 2.51. The molecule has 0 saturated carbocycles. The van der Waals surface area contributed by atoms with Crippen LogP contribution in [0.3, 0.4) is 0 Å². The van der Waals surface area contributed by atoms with Crippen LogP contribution in [0, 0.1) is 0 Å². The summed E-state index contributed by atoms with van der Waals surface area (Å²) < 4.78 is 1.50. The molecule has 5 nitrogen and oxygen atoms in total. The smallest absolute Gasteiger partial charge is 0.255 e. The second-order valence-corrected chi connectivity index (χ2v) is 5.56. The van der Waals surface area contributed by atoms with Crippen molar-refractivity contribution in [1.82, 2.24) is 9.55 Å². The number of carbonyl (C=O) groups is 1. The van der Waals surface area contributed by atoms with Crippen LogP contribution >= 0.6 is 11.6 Å². The number of fused-ring (bicyclic) bond motifs is 1. The molecule has 0 radical (unpaired) electrons. The van der Waals surface area contributed by atoms with Crippen LogP contribution in [0.5, 0.6) is 0 Å². The first-order chi connectivity index (χ1) is 10.1. The van der Waals surface area contributed by atoms with E-state index in [1.807, 2.05) is 30.3 Å². The lowest BCUT2D eigenvalue weighted by Gasteiger charge is -2.17. The van der Waals surface area contributed by atoms with Crippen LogP contribution in [0.2, 0.25) is 0 Å². The number of nitrogens with zero attached hydrogens (tertiary/aromatic N) is 3. The Bertz CT molecular complexity index is 740. The zero-order chi connectivity index (χ0) is 15.0. The van der Waals surface area contributed by atoms with Gasteiger partial charge in [0, 0.05) is 24.7 Å². The molecule has 108 valence electrons. The number of amides is 1. The summed E-state index contributed by atoms with van der Waals surface area (Å²) >= 11 is 5.86. The number of hydrogen-bond acceptors (Lipinski definition) is 3. The molecular formula is C15H14ClN3O2. The number of alkyl halides is 1. The molecule has 1 aliphatic rings. The highest BCUT2D eigenvalue weighted by atomic mass is 35.5. The van der Waals surface area contributed by atoms with Crippen molar-refractivity contribution in [3.05, 3.63) is 46.8 Å². The fourth-order valence-electron chi connectivity index (χ4n) is 2.39. The van der Waals surface area contributed by atoms with E-state index < -0.39 is 5.38 Å². The Balaban J connectivity index is 2.10. The van der Waals surface area contributed by atoms with Crippen molar-refractivity contribution >= 4 is 23.5 Å². The van der Waals surface area contributed by atoms with Crippen molar-refractivity contribution in [2.75, 3.05) is 11.4 Å². The molecule has 0 fully saturated rings. The molecule has 6 heteroatoms. The standard InChI is InChI=1S/C15H14ClN3O2/c1-10(16)14(21)19-8-7-18-13(20)9-12(17-15(18)19)11-5-3-2-4-6-11/h2-6,9-10H,7-8H2,1H3. The van der Waals surface area contributed by atoms with E-state index in [4.69, 9.17) is 11.6 Å². The van der Waals surface area contributed by atoms with Gasteiger partial charge in [-0.05, 0) is 6.92 Å². The topological polar surface area (TPSA) is 55.2 Å². The van der Waals surface area contributed by atoms with Gasteiger partial charge in [0.25, 0.3) is 5.56 Å². The van der Waals surface area contributed by atoms with Crippen LogP contribution in [-0.2, 0) is 11.3 Å². The summed E-state index contributed by atoms with van der Waals surface area (Å²) in [5.74, 6) is 0.138. The summed E-state index contributed by atoms with van der Waals surface area (Å²) in [5.41, 5.74) is 1.25. The Labute approximate surface area is 126 Å². The van der Waals surface area contributed by atoms with Crippen LogP contribution in [0.25, 0.3) is 11.3 Å². The molecule has 3 rings (SSSR count).